The summed E-state index contributed by atoms with van der Waals surface area (Å²) in [6, 6.07) is 0. The maximum absolute atomic E-state index is 12.6. The van der Waals surface area contributed by atoms with Gasteiger partial charge in [-0.05, 0) is 98.0 Å². The van der Waals surface area contributed by atoms with E-state index in [1.165, 1.54) is 26.4 Å². The van der Waals surface area contributed by atoms with Crippen LogP contribution in [-0.2, 0) is 18.4 Å². The number of allylic oxidation sites excluding steroid dienone is 3. The average molecular weight is 603 g/mol. The van der Waals surface area contributed by atoms with Crippen molar-refractivity contribution in [2.45, 2.75) is 149 Å². The van der Waals surface area contributed by atoms with E-state index in [-0.39, 0.29) is 45.0 Å². The van der Waals surface area contributed by atoms with Gasteiger partial charge in [-0.3, -0.25) is 4.79 Å². The molecule has 0 N–H and O–H groups in total. The molecule has 0 spiro atoms. The number of ether oxygens (including phenoxy) is 1. The van der Waals surface area contributed by atoms with Crippen molar-refractivity contribution < 1.29 is 18.4 Å². The predicted molar refractivity (Wildman–Crippen MR) is 176 cm³/mol. The Morgan fingerprint density at radius 1 is 0.902 bits per heavy atom. The summed E-state index contributed by atoms with van der Waals surface area (Å²) in [5.41, 5.74) is 3.32. The molecular formula is C35H62O4Si2. The van der Waals surface area contributed by atoms with Crippen molar-refractivity contribution in [2.75, 3.05) is 7.11 Å². The number of carbonyl (C=O) groups excluding carboxylic acids is 1. The standard InChI is InChI=1S/C35H62O4Si2/c1-23(31(36)37-10)27-17-18-28-26-16-15-24-21-25(38-40(11,12)32(2,3)4)22-30(39-41(13,14)33(5,6)7)35(24,9)29(26)19-20-34(27,28)8/h15-16,23,25,27-30H,17-22H2,1-14H3/t23?,25-,27-,28+,29+,30+,34-,35+/m1/s1. The third kappa shape index (κ3) is 5.55. The lowest BCUT2D eigenvalue weighted by atomic mass is 9.49. The lowest BCUT2D eigenvalue weighted by Gasteiger charge is -2.59. The first kappa shape index (κ1) is 33.2. The Labute approximate surface area is 254 Å². The topological polar surface area (TPSA) is 44.8 Å². The van der Waals surface area contributed by atoms with Gasteiger partial charge >= 0.3 is 5.97 Å². The molecule has 0 heterocycles. The fourth-order valence-corrected chi connectivity index (χ4v) is 11.4. The fraction of sp³-hybridized carbons (Fsp3) is 0.857. The van der Waals surface area contributed by atoms with Crippen LogP contribution in [0.15, 0.2) is 23.3 Å². The second-order valence-electron chi connectivity index (χ2n) is 17.6. The van der Waals surface area contributed by atoms with E-state index in [1.807, 2.05) is 0 Å². The summed E-state index contributed by atoms with van der Waals surface area (Å²) in [5.74, 6) is 1.32. The highest BCUT2D eigenvalue weighted by atomic mass is 28.4. The highest BCUT2D eigenvalue weighted by molar-refractivity contribution is 6.74. The van der Waals surface area contributed by atoms with E-state index in [9.17, 15) is 4.79 Å². The molecule has 3 saturated carbocycles. The molecule has 0 saturated heterocycles. The second kappa shape index (κ2) is 10.7. The molecule has 1 unspecified atom stereocenters. The zero-order valence-corrected chi connectivity index (χ0v) is 31.0. The molecule has 41 heavy (non-hydrogen) atoms. The van der Waals surface area contributed by atoms with Crippen LogP contribution in [0.2, 0.25) is 36.3 Å². The van der Waals surface area contributed by atoms with E-state index in [2.05, 4.69) is 101 Å². The first-order chi connectivity index (χ1) is 18.6. The highest BCUT2D eigenvalue weighted by Crippen LogP contribution is 2.66. The lowest BCUT2D eigenvalue weighted by molar-refractivity contribution is -0.148. The van der Waals surface area contributed by atoms with Gasteiger partial charge in [0.15, 0.2) is 16.6 Å². The van der Waals surface area contributed by atoms with Gasteiger partial charge in [0, 0.05) is 5.41 Å². The van der Waals surface area contributed by atoms with E-state index in [0.29, 0.717) is 17.8 Å². The molecule has 0 aromatic carbocycles. The minimum Gasteiger partial charge on any atom is -0.469 e. The van der Waals surface area contributed by atoms with E-state index >= 15 is 0 Å². The molecule has 3 fully saturated rings. The van der Waals surface area contributed by atoms with Crippen LogP contribution in [0, 0.1) is 34.5 Å². The van der Waals surface area contributed by atoms with Crippen LogP contribution in [0.4, 0.5) is 0 Å². The number of carbonyl (C=O) groups is 1. The molecule has 0 aromatic heterocycles. The summed E-state index contributed by atoms with van der Waals surface area (Å²) >= 11 is 0. The number of methoxy groups -OCH3 is 1. The van der Waals surface area contributed by atoms with E-state index in [0.717, 1.165) is 19.3 Å². The Morgan fingerprint density at radius 3 is 2.05 bits per heavy atom. The molecule has 4 aliphatic carbocycles. The van der Waals surface area contributed by atoms with Crippen molar-refractivity contribution in [1.29, 1.82) is 0 Å². The van der Waals surface area contributed by atoms with Crippen molar-refractivity contribution >= 4 is 22.6 Å². The maximum atomic E-state index is 12.6. The smallest absolute Gasteiger partial charge is 0.308 e. The molecule has 6 heteroatoms. The molecule has 0 bridgehead atoms. The molecule has 0 aliphatic heterocycles. The summed E-state index contributed by atoms with van der Waals surface area (Å²) in [6.45, 7) is 30.9. The molecule has 4 nitrogen and oxygen atoms in total. The highest BCUT2D eigenvalue weighted by Gasteiger charge is 2.61. The SMILES string of the molecule is COC(=O)C(C)[C@H]1CC[C@H]2C3=CC=C4C[C@@H](O[Si](C)(C)C(C)(C)C)C[C@H](O[Si](C)(C)C(C)(C)C)[C@]4(C)[C@H]3CC[C@]12C. The molecular weight excluding hydrogens is 541 g/mol. The monoisotopic (exact) mass is 602 g/mol. The minimum absolute atomic E-state index is 0.0136. The zero-order chi connectivity index (χ0) is 31.0. The van der Waals surface area contributed by atoms with E-state index < -0.39 is 16.6 Å². The number of rotatable bonds is 6. The van der Waals surface area contributed by atoms with Crippen molar-refractivity contribution in [3.63, 3.8) is 0 Å². The third-order valence-corrected chi connectivity index (χ3v) is 22.4. The Bertz CT molecular complexity index is 1080. The Kier molecular flexibility index (Phi) is 8.69. The number of hydrogen-bond donors (Lipinski definition) is 0. The number of fused-ring (bicyclic) bond motifs is 5. The first-order valence-corrected chi connectivity index (χ1v) is 22.3. The predicted octanol–water partition coefficient (Wildman–Crippen LogP) is 9.69. The first-order valence-electron chi connectivity index (χ1n) is 16.4. The van der Waals surface area contributed by atoms with E-state index in [4.69, 9.17) is 13.6 Å². The zero-order valence-electron chi connectivity index (χ0n) is 29.0. The normalized spacial score (nSPS) is 36.9. The molecule has 0 aromatic rings. The molecule has 0 amide bonds. The lowest BCUT2D eigenvalue weighted by Crippen LogP contribution is -2.58. The summed E-state index contributed by atoms with van der Waals surface area (Å²) in [5, 5.41) is 0.341. The quantitative estimate of drug-likeness (QED) is 0.224. The second-order valence-corrected chi connectivity index (χ2v) is 27.1. The fourth-order valence-electron chi connectivity index (χ4n) is 8.60. The Morgan fingerprint density at radius 2 is 1.49 bits per heavy atom. The van der Waals surface area contributed by atoms with Gasteiger partial charge in [0.05, 0.1) is 25.2 Å². The van der Waals surface area contributed by atoms with Crippen LogP contribution >= 0.6 is 0 Å². The van der Waals surface area contributed by atoms with Crippen LogP contribution in [0.3, 0.4) is 0 Å². The molecule has 234 valence electrons. The van der Waals surface area contributed by atoms with Gasteiger partial charge in [-0.1, -0.05) is 85.6 Å². The van der Waals surface area contributed by atoms with Crippen LogP contribution in [0.5, 0.6) is 0 Å². The summed E-state index contributed by atoms with van der Waals surface area (Å²) in [6.07, 6.45) is 12.0. The van der Waals surface area contributed by atoms with Gasteiger partial charge in [0.25, 0.3) is 0 Å². The maximum Gasteiger partial charge on any atom is 0.308 e. The van der Waals surface area contributed by atoms with Gasteiger partial charge < -0.3 is 13.6 Å². The van der Waals surface area contributed by atoms with Gasteiger partial charge in [0.2, 0.25) is 0 Å². The molecule has 8 atom stereocenters. The minimum atomic E-state index is -2.02. The van der Waals surface area contributed by atoms with Crippen LogP contribution < -0.4 is 0 Å². The van der Waals surface area contributed by atoms with Crippen molar-refractivity contribution in [3.05, 3.63) is 23.3 Å². The number of hydrogen-bond acceptors (Lipinski definition) is 4. The van der Waals surface area contributed by atoms with Crippen molar-refractivity contribution in [1.82, 2.24) is 0 Å². The Balaban J connectivity index is 1.73. The number of esters is 1. The summed E-state index contributed by atoms with van der Waals surface area (Å²) in [4.78, 5) is 12.6. The van der Waals surface area contributed by atoms with Gasteiger partial charge in [-0.15, -0.1) is 0 Å². The van der Waals surface area contributed by atoms with Crippen LogP contribution in [-0.4, -0.2) is 41.9 Å². The van der Waals surface area contributed by atoms with E-state index in [1.54, 1.807) is 11.1 Å². The average Bonchev–Trinajstić information content (AvgIpc) is 3.19. The molecule has 4 rings (SSSR count). The van der Waals surface area contributed by atoms with Crippen molar-refractivity contribution in [2.24, 2.45) is 34.5 Å². The largest absolute Gasteiger partial charge is 0.469 e. The van der Waals surface area contributed by atoms with Gasteiger partial charge in [-0.25, -0.2) is 0 Å². The summed E-state index contributed by atoms with van der Waals surface area (Å²) < 4.78 is 19.8. The third-order valence-electron chi connectivity index (χ3n) is 13.4. The van der Waals surface area contributed by atoms with Crippen molar-refractivity contribution in [3.8, 4) is 0 Å². The van der Waals surface area contributed by atoms with Crippen LogP contribution in [0.25, 0.3) is 0 Å². The Hall–Kier alpha value is -0.696. The molecule has 4 aliphatic rings. The summed E-state index contributed by atoms with van der Waals surface area (Å²) in [7, 11) is -2.40. The molecule has 0 radical (unpaired) electrons. The van der Waals surface area contributed by atoms with Gasteiger partial charge in [0.1, 0.15) is 0 Å². The van der Waals surface area contributed by atoms with Gasteiger partial charge in [-0.2, -0.15) is 0 Å². The van der Waals surface area contributed by atoms with Crippen LogP contribution in [0.1, 0.15) is 101 Å².